The molecule has 3 N–H and O–H groups in total. The van der Waals surface area contributed by atoms with Gasteiger partial charge in [0.15, 0.2) is 0 Å². The van der Waals surface area contributed by atoms with Gasteiger partial charge in [-0.1, -0.05) is 45.4 Å². The van der Waals surface area contributed by atoms with Crippen molar-refractivity contribution in [2.75, 3.05) is 26.3 Å². The number of nitrogens with two attached hydrogens (primary N) is 1. The van der Waals surface area contributed by atoms with Gasteiger partial charge >= 0.3 is 0 Å². The van der Waals surface area contributed by atoms with Crippen LogP contribution in [-0.2, 0) is 19.1 Å². The number of amides is 3. The van der Waals surface area contributed by atoms with Gasteiger partial charge in [0.2, 0.25) is 17.7 Å². The fourth-order valence-corrected chi connectivity index (χ4v) is 4.92. The van der Waals surface area contributed by atoms with E-state index in [1.54, 1.807) is 4.90 Å². The van der Waals surface area contributed by atoms with Gasteiger partial charge in [0.25, 0.3) is 0 Å². The van der Waals surface area contributed by atoms with Crippen LogP contribution in [0, 0.1) is 17.8 Å². The lowest BCUT2D eigenvalue weighted by atomic mass is 9.81. The van der Waals surface area contributed by atoms with E-state index in [1.807, 2.05) is 6.92 Å². The van der Waals surface area contributed by atoms with Crippen molar-refractivity contribution in [3.05, 3.63) is 0 Å². The van der Waals surface area contributed by atoms with Crippen molar-refractivity contribution in [2.45, 2.75) is 70.3 Å². The van der Waals surface area contributed by atoms with Crippen LogP contribution in [0.1, 0.15) is 64.7 Å². The van der Waals surface area contributed by atoms with Gasteiger partial charge in [0, 0.05) is 25.4 Å². The Morgan fingerprint density at radius 1 is 1.18 bits per heavy atom. The largest absolute Gasteiger partial charge is 0.378 e. The number of carbonyl (C=O) groups excluding carboxylic acids is 3. The van der Waals surface area contributed by atoms with Crippen molar-refractivity contribution in [3.8, 4) is 0 Å². The highest BCUT2D eigenvalue weighted by molar-refractivity contribution is 5.95. The van der Waals surface area contributed by atoms with E-state index in [2.05, 4.69) is 5.32 Å². The molecule has 3 amide bonds. The number of morpholine rings is 1. The Kier molecular flexibility index (Phi) is 6.96. The molecule has 3 aliphatic rings. The number of ether oxygens (including phenoxy) is 1. The molecule has 3 atom stereocenters. The van der Waals surface area contributed by atoms with Crippen LogP contribution in [-0.4, -0.2) is 54.5 Å². The maximum absolute atomic E-state index is 13.1. The smallest absolute Gasteiger partial charge is 0.243 e. The lowest BCUT2D eigenvalue weighted by Crippen LogP contribution is -2.51. The van der Waals surface area contributed by atoms with Crippen molar-refractivity contribution in [1.29, 1.82) is 0 Å². The van der Waals surface area contributed by atoms with Crippen LogP contribution >= 0.6 is 0 Å². The quantitative estimate of drug-likeness (QED) is 0.654. The Balaban J connectivity index is 1.66. The monoisotopic (exact) mass is 393 g/mol. The van der Waals surface area contributed by atoms with Crippen LogP contribution in [0.3, 0.4) is 0 Å². The van der Waals surface area contributed by atoms with Gasteiger partial charge in [-0.25, -0.2) is 0 Å². The van der Waals surface area contributed by atoms with Crippen molar-refractivity contribution in [1.82, 2.24) is 10.2 Å². The van der Waals surface area contributed by atoms with E-state index >= 15 is 0 Å². The Bertz CT molecular complexity index is 584. The summed E-state index contributed by atoms with van der Waals surface area (Å²) < 4.78 is 5.32. The highest BCUT2D eigenvalue weighted by Gasteiger charge is 2.59. The van der Waals surface area contributed by atoms with Gasteiger partial charge in [0.05, 0.1) is 13.2 Å². The summed E-state index contributed by atoms with van der Waals surface area (Å²) in [6.45, 7) is 4.27. The Labute approximate surface area is 167 Å². The van der Waals surface area contributed by atoms with Gasteiger partial charge in [0.1, 0.15) is 5.54 Å². The maximum atomic E-state index is 13.1. The predicted molar refractivity (Wildman–Crippen MR) is 105 cm³/mol. The van der Waals surface area contributed by atoms with Crippen LogP contribution in [0.5, 0.6) is 0 Å². The molecule has 3 fully saturated rings. The van der Waals surface area contributed by atoms with Gasteiger partial charge < -0.3 is 20.7 Å². The summed E-state index contributed by atoms with van der Waals surface area (Å²) in [5.41, 5.74) is 4.70. The minimum Gasteiger partial charge on any atom is -0.378 e. The standard InChI is InChI=1S/C21H35N3O4/c1-2-17-14-21(17,20(22)27)23-19(26)16(12-15-6-4-3-5-7-15)13-18(25)24-8-10-28-11-9-24/h15-17H,2-14H2,1H3,(H2,22,27)(H,23,26)/t16-,17-,21+/m1/s1. The molecule has 0 aromatic heterocycles. The molecule has 0 unspecified atom stereocenters. The second-order valence-corrected chi connectivity index (χ2v) is 8.77. The van der Waals surface area contributed by atoms with Crippen LogP contribution in [0.15, 0.2) is 0 Å². The van der Waals surface area contributed by atoms with E-state index in [4.69, 9.17) is 10.5 Å². The second kappa shape index (κ2) is 9.25. The average Bonchev–Trinajstić information content (AvgIpc) is 3.43. The molecule has 28 heavy (non-hydrogen) atoms. The Hall–Kier alpha value is -1.63. The third-order valence-electron chi connectivity index (χ3n) is 6.88. The van der Waals surface area contributed by atoms with E-state index in [9.17, 15) is 14.4 Å². The van der Waals surface area contributed by atoms with Crippen molar-refractivity contribution >= 4 is 17.7 Å². The first-order valence-electron chi connectivity index (χ1n) is 10.9. The Morgan fingerprint density at radius 2 is 1.86 bits per heavy atom. The molecule has 0 aromatic carbocycles. The topological polar surface area (TPSA) is 102 Å². The molecule has 2 aliphatic carbocycles. The second-order valence-electron chi connectivity index (χ2n) is 8.77. The number of nitrogens with zero attached hydrogens (tertiary/aromatic N) is 1. The SMILES string of the molecule is CC[C@@H]1C[C@@]1(NC(=O)[C@@H](CC(=O)N1CCOCC1)CC1CCCCC1)C(N)=O. The number of hydrogen-bond donors (Lipinski definition) is 2. The van der Waals surface area contributed by atoms with Crippen LogP contribution < -0.4 is 11.1 Å². The molecule has 1 aliphatic heterocycles. The van der Waals surface area contributed by atoms with E-state index in [1.165, 1.54) is 19.3 Å². The normalized spacial score (nSPS) is 29.2. The first-order chi connectivity index (χ1) is 13.5. The number of nitrogens with one attached hydrogen (secondary N) is 1. The zero-order chi connectivity index (χ0) is 20.1. The third-order valence-corrected chi connectivity index (χ3v) is 6.88. The third kappa shape index (κ3) is 4.85. The summed E-state index contributed by atoms with van der Waals surface area (Å²) in [4.78, 5) is 39.7. The summed E-state index contributed by atoms with van der Waals surface area (Å²) in [5.74, 6) is -0.430. The zero-order valence-corrected chi connectivity index (χ0v) is 17.1. The van der Waals surface area contributed by atoms with Crippen LogP contribution in [0.4, 0.5) is 0 Å². The molecule has 158 valence electrons. The molecular formula is C21H35N3O4. The maximum Gasteiger partial charge on any atom is 0.243 e. The Morgan fingerprint density at radius 3 is 2.43 bits per heavy atom. The summed E-state index contributed by atoms with van der Waals surface area (Å²) in [6, 6.07) is 0. The molecule has 7 heteroatoms. The van der Waals surface area contributed by atoms with Crippen molar-refractivity contribution < 1.29 is 19.1 Å². The molecule has 0 aromatic rings. The molecule has 7 nitrogen and oxygen atoms in total. The summed E-state index contributed by atoms with van der Waals surface area (Å²) in [5, 5.41) is 2.96. The van der Waals surface area contributed by atoms with Crippen molar-refractivity contribution in [2.24, 2.45) is 23.5 Å². The molecule has 0 spiro atoms. The van der Waals surface area contributed by atoms with Crippen LogP contribution in [0.2, 0.25) is 0 Å². The number of primary amides is 1. The summed E-state index contributed by atoms with van der Waals surface area (Å²) in [7, 11) is 0. The van der Waals surface area contributed by atoms with Gasteiger partial charge in [-0.3, -0.25) is 14.4 Å². The van der Waals surface area contributed by atoms with E-state index in [0.29, 0.717) is 45.1 Å². The lowest BCUT2D eigenvalue weighted by Gasteiger charge is -2.31. The average molecular weight is 394 g/mol. The summed E-state index contributed by atoms with van der Waals surface area (Å²) in [6.07, 6.45) is 8.22. The molecule has 1 saturated heterocycles. The minimum atomic E-state index is -0.904. The van der Waals surface area contributed by atoms with E-state index in [0.717, 1.165) is 19.3 Å². The van der Waals surface area contributed by atoms with Crippen LogP contribution in [0.25, 0.3) is 0 Å². The van der Waals surface area contributed by atoms with Gasteiger partial charge in [-0.2, -0.15) is 0 Å². The zero-order valence-electron chi connectivity index (χ0n) is 17.1. The predicted octanol–water partition coefficient (Wildman–Crippen LogP) is 1.59. The number of carbonyl (C=O) groups is 3. The van der Waals surface area contributed by atoms with E-state index in [-0.39, 0.29) is 24.2 Å². The molecule has 0 bridgehead atoms. The molecule has 3 rings (SSSR count). The number of rotatable bonds is 8. The number of hydrogen-bond acceptors (Lipinski definition) is 4. The highest BCUT2D eigenvalue weighted by Crippen LogP contribution is 2.46. The lowest BCUT2D eigenvalue weighted by molar-refractivity contribution is -0.140. The van der Waals surface area contributed by atoms with Gasteiger partial charge in [-0.05, 0) is 24.7 Å². The fraction of sp³-hybridized carbons (Fsp3) is 0.857. The first kappa shape index (κ1) is 21.1. The summed E-state index contributed by atoms with van der Waals surface area (Å²) >= 11 is 0. The molecule has 2 saturated carbocycles. The molecule has 1 heterocycles. The van der Waals surface area contributed by atoms with E-state index < -0.39 is 17.4 Å². The minimum absolute atomic E-state index is 0.00947. The van der Waals surface area contributed by atoms with Gasteiger partial charge in [-0.15, -0.1) is 0 Å². The first-order valence-corrected chi connectivity index (χ1v) is 10.9. The highest BCUT2D eigenvalue weighted by atomic mass is 16.5. The molecular weight excluding hydrogens is 358 g/mol. The molecule has 0 radical (unpaired) electrons. The van der Waals surface area contributed by atoms with Crippen molar-refractivity contribution in [3.63, 3.8) is 0 Å². The fourth-order valence-electron chi connectivity index (χ4n) is 4.92.